The molecule has 0 bridgehead atoms. The van der Waals surface area contributed by atoms with Gasteiger partial charge in [0.25, 0.3) is 0 Å². The second-order valence-electron chi connectivity index (χ2n) is 5.11. The molecule has 0 radical (unpaired) electrons. The van der Waals surface area contributed by atoms with Crippen LogP contribution in [0.3, 0.4) is 0 Å². The molecule has 5 nitrogen and oxygen atoms in total. The number of likely N-dealkylation sites (tertiary alicyclic amines) is 1. The Morgan fingerprint density at radius 1 is 1.44 bits per heavy atom. The Balaban J connectivity index is 2.66. The summed E-state index contributed by atoms with van der Waals surface area (Å²) in [6, 6.07) is -0.229. The molecule has 1 heterocycles. The fraction of sp³-hybridized carbons (Fsp3) is 0.846. The van der Waals surface area contributed by atoms with Crippen LogP contribution in [-0.4, -0.2) is 42.1 Å². The van der Waals surface area contributed by atoms with E-state index in [0.717, 1.165) is 19.4 Å². The maximum Gasteiger partial charge on any atom is 0.407 e. The van der Waals surface area contributed by atoms with Crippen LogP contribution in [0.1, 0.15) is 40.5 Å². The van der Waals surface area contributed by atoms with Crippen molar-refractivity contribution in [3.8, 4) is 0 Å². The van der Waals surface area contributed by atoms with E-state index in [4.69, 9.17) is 4.74 Å². The molecule has 1 unspecified atom stereocenters. The number of hydrogen-bond acceptors (Lipinski definition) is 3. The third-order valence-electron chi connectivity index (χ3n) is 3.32. The molecular formula is C13H24N2O3. The Labute approximate surface area is 109 Å². The molecule has 104 valence electrons. The lowest BCUT2D eigenvalue weighted by Crippen LogP contribution is -2.52. The van der Waals surface area contributed by atoms with Crippen molar-refractivity contribution in [3.05, 3.63) is 0 Å². The monoisotopic (exact) mass is 256 g/mol. The van der Waals surface area contributed by atoms with Gasteiger partial charge in [-0.05, 0) is 32.6 Å². The number of carbonyl (C=O) groups is 2. The summed E-state index contributed by atoms with van der Waals surface area (Å²) in [5.41, 5.74) is 0. The standard InChI is InChI=1S/C13H24N2O3/c1-5-18-13(17)14-11(9(2)3)12(16)15-8-6-7-10(15)4/h9-11H,5-8H2,1-4H3,(H,14,17)/t10-,11?/m1/s1. The van der Waals surface area contributed by atoms with Gasteiger partial charge < -0.3 is 15.0 Å². The number of nitrogens with one attached hydrogen (secondary N) is 1. The minimum Gasteiger partial charge on any atom is -0.450 e. The summed E-state index contributed by atoms with van der Waals surface area (Å²) < 4.78 is 4.84. The van der Waals surface area contributed by atoms with Crippen LogP contribution in [0.2, 0.25) is 0 Å². The minimum atomic E-state index is -0.517. The van der Waals surface area contributed by atoms with E-state index >= 15 is 0 Å². The fourth-order valence-electron chi connectivity index (χ4n) is 2.25. The molecule has 1 fully saturated rings. The number of hydrogen-bond donors (Lipinski definition) is 1. The van der Waals surface area contributed by atoms with Gasteiger partial charge in [-0.25, -0.2) is 4.79 Å². The maximum atomic E-state index is 12.4. The normalized spacial score (nSPS) is 20.9. The smallest absolute Gasteiger partial charge is 0.407 e. The quantitative estimate of drug-likeness (QED) is 0.834. The third kappa shape index (κ3) is 3.62. The SMILES string of the molecule is CCOC(=O)NC(C(=O)N1CCC[C@H]1C)C(C)C. The summed E-state index contributed by atoms with van der Waals surface area (Å²) in [4.78, 5) is 25.7. The first-order valence-electron chi connectivity index (χ1n) is 6.71. The van der Waals surface area contributed by atoms with E-state index in [1.165, 1.54) is 0 Å². The molecule has 1 aliphatic rings. The Kier molecular flexibility index (Phi) is 5.44. The van der Waals surface area contributed by atoms with E-state index < -0.39 is 12.1 Å². The number of rotatable bonds is 4. The van der Waals surface area contributed by atoms with Gasteiger partial charge in [0.2, 0.25) is 5.91 Å². The van der Waals surface area contributed by atoms with Gasteiger partial charge in [0.1, 0.15) is 6.04 Å². The summed E-state index contributed by atoms with van der Waals surface area (Å²) in [6.45, 7) is 8.74. The molecule has 1 aliphatic heterocycles. The van der Waals surface area contributed by atoms with Gasteiger partial charge in [0.15, 0.2) is 0 Å². The molecule has 0 spiro atoms. The first kappa shape index (κ1) is 14.8. The highest BCUT2D eigenvalue weighted by Gasteiger charge is 2.33. The molecule has 2 amide bonds. The second kappa shape index (κ2) is 6.61. The number of alkyl carbamates (subject to hydrolysis) is 1. The Morgan fingerprint density at radius 2 is 2.11 bits per heavy atom. The van der Waals surface area contributed by atoms with Crippen molar-refractivity contribution in [3.63, 3.8) is 0 Å². The lowest BCUT2D eigenvalue weighted by molar-refractivity contribution is -0.135. The van der Waals surface area contributed by atoms with E-state index in [1.54, 1.807) is 6.92 Å². The van der Waals surface area contributed by atoms with Crippen molar-refractivity contribution < 1.29 is 14.3 Å². The number of carbonyl (C=O) groups excluding carboxylic acids is 2. The highest BCUT2D eigenvalue weighted by molar-refractivity contribution is 5.86. The third-order valence-corrected chi connectivity index (χ3v) is 3.32. The molecule has 0 aromatic heterocycles. The van der Waals surface area contributed by atoms with Gasteiger partial charge >= 0.3 is 6.09 Å². The summed E-state index contributed by atoms with van der Waals surface area (Å²) in [7, 11) is 0. The predicted molar refractivity (Wildman–Crippen MR) is 69.2 cm³/mol. The first-order valence-corrected chi connectivity index (χ1v) is 6.71. The van der Waals surface area contributed by atoms with Crippen LogP contribution in [0, 0.1) is 5.92 Å². The highest BCUT2D eigenvalue weighted by atomic mass is 16.5. The fourth-order valence-corrected chi connectivity index (χ4v) is 2.25. The van der Waals surface area contributed by atoms with Gasteiger partial charge in [0, 0.05) is 12.6 Å². The van der Waals surface area contributed by atoms with Gasteiger partial charge in [0.05, 0.1) is 6.61 Å². The highest BCUT2D eigenvalue weighted by Crippen LogP contribution is 2.19. The lowest BCUT2D eigenvalue weighted by Gasteiger charge is -2.29. The average Bonchev–Trinajstić information content (AvgIpc) is 2.71. The topological polar surface area (TPSA) is 58.6 Å². The zero-order chi connectivity index (χ0) is 13.7. The van der Waals surface area contributed by atoms with Crippen LogP contribution in [-0.2, 0) is 9.53 Å². The Hall–Kier alpha value is -1.26. The van der Waals surface area contributed by atoms with Crippen molar-refractivity contribution in [2.75, 3.05) is 13.2 Å². The second-order valence-corrected chi connectivity index (χ2v) is 5.11. The number of ether oxygens (including phenoxy) is 1. The molecule has 0 aliphatic carbocycles. The molecule has 1 saturated heterocycles. The van der Waals surface area contributed by atoms with Crippen LogP contribution < -0.4 is 5.32 Å². The summed E-state index contributed by atoms with van der Waals surface area (Å²) >= 11 is 0. The van der Waals surface area contributed by atoms with Gasteiger partial charge in [-0.1, -0.05) is 13.8 Å². The predicted octanol–water partition coefficient (Wildman–Crippen LogP) is 1.77. The van der Waals surface area contributed by atoms with E-state index in [1.807, 2.05) is 25.7 Å². The van der Waals surface area contributed by atoms with E-state index in [2.05, 4.69) is 5.32 Å². The Bertz CT molecular complexity index is 305. The van der Waals surface area contributed by atoms with Gasteiger partial charge in [-0.3, -0.25) is 4.79 Å². The van der Waals surface area contributed by atoms with Gasteiger partial charge in [-0.2, -0.15) is 0 Å². The van der Waals surface area contributed by atoms with Crippen molar-refractivity contribution in [1.82, 2.24) is 10.2 Å². The minimum absolute atomic E-state index is 0.00283. The van der Waals surface area contributed by atoms with Crippen LogP contribution in [0.25, 0.3) is 0 Å². The summed E-state index contributed by atoms with van der Waals surface area (Å²) in [6.07, 6.45) is 1.56. The van der Waals surface area contributed by atoms with Crippen molar-refractivity contribution in [2.24, 2.45) is 5.92 Å². The van der Waals surface area contributed by atoms with E-state index in [0.29, 0.717) is 6.61 Å². The number of amides is 2. The molecule has 0 saturated carbocycles. The Morgan fingerprint density at radius 3 is 2.56 bits per heavy atom. The molecule has 1 N–H and O–H groups in total. The molecule has 2 atom stereocenters. The first-order chi connectivity index (χ1) is 8.47. The molecule has 18 heavy (non-hydrogen) atoms. The summed E-state index contributed by atoms with van der Waals surface area (Å²) in [5.74, 6) is 0.0535. The zero-order valence-corrected chi connectivity index (χ0v) is 11.7. The lowest BCUT2D eigenvalue weighted by atomic mass is 10.0. The molecular weight excluding hydrogens is 232 g/mol. The van der Waals surface area contributed by atoms with E-state index in [9.17, 15) is 9.59 Å². The van der Waals surface area contributed by atoms with Crippen molar-refractivity contribution in [2.45, 2.75) is 52.6 Å². The molecule has 1 rings (SSSR count). The van der Waals surface area contributed by atoms with Crippen molar-refractivity contribution >= 4 is 12.0 Å². The van der Waals surface area contributed by atoms with Crippen LogP contribution in [0.5, 0.6) is 0 Å². The summed E-state index contributed by atoms with van der Waals surface area (Å²) in [5, 5.41) is 2.66. The molecule has 5 heteroatoms. The van der Waals surface area contributed by atoms with E-state index in [-0.39, 0.29) is 17.9 Å². The van der Waals surface area contributed by atoms with Crippen LogP contribution in [0.15, 0.2) is 0 Å². The maximum absolute atomic E-state index is 12.4. The van der Waals surface area contributed by atoms with Crippen molar-refractivity contribution in [1.29, 1.82) is 0 Å². The van der Waals surface area contributed by atoms with Gasteiger partial charge in [-0.15, -0.1) is 0 Å². The van der Waals surface area contributed by atoms with Crippen LogP contribution in [0.4, 0.5) is 4.79 Å². The molecule has 0 aromatic rings. The molecule has 0 aromatic carbocycles. The van der Waals surface area contributed by atoms with Crippen LogP contribution >= 0.6 is 0 Å². The average molecular weight is 256 g/mol. The number of nitrogens with zero attached hydrogens (tertiary/aromatic N) is 1. The largest absolute Gasteiger partial charge is 0.450 e. The zero-order valence-electron chi connectivity index (χ0n) is 11.7.